The summed E-state index contributed by atoms with van der Waals surface area (Å²) in [6, 6.07) is 8.34. The van der Waals surface area contributed by atoms with Crippen LogP contribution >= 0.6 is 0 Å². The lowest BCUT2D eigenvalue weighted by atomic mass is 9.98. The fourth-order valence-electron chi connectivity index (χ4n) is 2.34. The van der Waals surface area contributed by atoms with Gasteiger partial charge in [0.2, 0.25) is 0 Å². The Morgan fingerprint density at radius 3 is 2.89 bits per heavy atom. The van der Waals surface area contributed by atoms with Crippen molar-refractivity contribution in [1.82, 2.24) is 5.32 Å². The van der Waals surface area contributed by atoms with Crippen molar-refractivity contribution in [3.8, 4) is 0 Å². The molecule has 4 heteroatoms. The van der Waals surface area contributed by atoms with E-state index in [9.17, 15) is 9.90 Å². The summed E-state index contributed by atoms with van der Waals surface area (Å²) in [5.74, 6) is -0.794. The summed E-state index contributed by atoms with van der Waals surface area (Å²) in [7, 11) is 1.70. The molecule has 18 heavy (non-hydrogen) atoms. The summed E-state index contributed by atoms with van der Waals surface area (Å²) < 4.78 is 0. The number of carboxylic acid groups (broad SMARTS) is 1. The second-order valence-corrected chi connectivity index (χ2v) is 5.00. The zero-order valence-electron chi connectivity index (χ0n) is 10.9. The number of hydrogen-bond acceptors (Lipinski definition) is 3. The van der Waals surface area contributed by atoms with Crippen molar-refractivity contribution in [3.05, 3.63) is 29.8 Å². The smallest absolute Gasteiger partial charge is 0.323 e. The van der Waals surface area contributed by atoms with Crippen LogP contribution in [-0.2, 0) is 11.2 Å². The molecule has 0 amide bonds. The van der Waals surface area contributed by atoms with Gasteiger partial charge < -0.3 is 15.3 Å². The van der Waals surface area contributed by atoms with Crippen molar-refractivity contribution < 1.29 is 9.90 Å². The average Bonchev–Trinajstić information content (AvgIpc) is 2.79. The van der Waals surface area contributed by atoms with E-state index in [1.807, 2.05) is 6.07 Å². The highest BCUT2D eigenvalue weighted by molar-refractivity contribution is 5.78. The van der Waals surface area contributed by atoms with Crippen LogP contribution in [0.5, 0.6) is 0 Å². The maximum atomic E-state index is 11.2. The third-order valence-electron chi connectivity index (χ3n) is 3.89. The van der Waals surface area contributed by atoms with Gasteiger partial charge in [-0.3, -0.25) is 4.79 Å². The van der Waals surface area contributed by atoms with Gasteiger partial charge in [-0.15, -0.1) is 0 Å². The van der Waals surface area contributed by atoms with E-state index in [0.29, 0.717) is 6.42 Å². The van der Waals surface area contributed by atoms with E-state index in [0.717, 1.165) is 19.5 Å². The number of rotatable bonds is 5. The molecule has 1 heterocycles. The van der Waals surface area contributed by atoms with Crippen LogP contribution in [0.15, 0.2) is 24.3 Å². The predicted molar refractivity (Wildman–Crippen MR) is 72.1 cm³/mol. The third-order valence-corrected chi connectivity index (χ3v) is 3.89. The summed E-state index contributed by atoms with van der Waals surface area (Å²) >= 11 is 0. The van der Waals surface area contributed by atoms with Gasteiger partial charge in [-0.05, 0) is 38.4 Å². The van der Waals surface area contributed by atoms with Crippen molar-refractivity contribution in [2.75, 3.05) is 25.0 Å². The largest absolute Gasteiger partial charge is 0.480 e. The average molecular weight is 248 g/mol. The van der Waals surface area contributed by atoms with Crippen LogP contribution in [0.4, 0.5) is 5.69 Å². The van der Waals surface area contributed by atoms with Crippen LogP contribution in [-0.4, -0.2) is 36.8 Å². The highest BCUT2D eigenvalue weighted by Crippen LogP contribution is 2.28. The molecule has 4 nitrogen and oxygen atoms in total. The van der Waals surface area contributed by atoms with Crippen molar-refractivity contribution in [2.45, 2.75) is 25.3 Å². The van der Waals surface area contributed by atoms with Gasteiger partial charge in [-0.25, -0.2) is 0 Å². The van der Waals surface area contributed by atoms with Crippen LogP contribution in [0, 0.1) is 0 Å². The van der Waals surface area contributed by atoms with Crippen LogP contribution in [0.1, 0.15) is 18.9 Å². The molecule has 2 rings (SSSR count). The molecule has 0 aromatic heterocycles. The van der Waals surface area contributed by atoms with E-state index in [-0.39, 0.29) is 0 Å². The molecule has 1 aliphatic heterocycles. The highest BCUT2D eigenvalue weighted by atomic mass is 16.4. The molecule has 1 atom stereocenters. The summed E-state index contributed by atoms with van der Waals surface area (Å²) in [4.78, 5) is 13.5. The summed E-state index contributed by atoms with van der Waals surface area (Å²) in [5.41, 5.74) is 1.76. The molecule has 1 aliphatic rings. The Kier molecular flexibility index (Phi) is 3.57. The van der Waals surface area contributed by atoms with Gasteiger partial charge in [0, 0.05) is 18.8 Å². The number of carbonyl (C=O) groups is 1. The number of nitrogens with zero attached hydrogens (tertiary/aromatic N) is 1. The van der Waals surface area contributed by atoms with Crippen molar-refractivity contribution in [2.24, 2.45) is 0 Å². The van der Waals surface area contributed by atoms with Crippen LogP contribution in [0.25, 0.3) is 0 Å². The minimum Gasteiger partial charge on any atom is -0.480 e. The quantitative estimate of drug-likeness (QED) is 0.829. The van der Waals surface area contributed by atoms with E-state index in [1.165, 1.54) is 11.3 Å². The number of hydrogen-bond donors (Lipinski definition) is 2. The standard InChI is InChI=1S/C14H20N2O2/c1-14(15-2,13(17)18)8-10-16-9-7-11-5-3-4-6-12(11)16/h3-6,15H,7-10H2,1-2H3,(H,17,18). The Balaban J connectivity index is 2.02. The van der Waals surface area contributed by atoms with E-state index in [2.05, 4.69) is 28.4 Å². The fourth-order valence-corrected chi connectivity index (χ4v) is 2.34. The first-order chi connectivity index (χ1) is 8.57. The molecule has 0 aliphatic carbocycles. The van der Waals surface area contributed by atoms with Gasteiger partial charge in [-0.1, -0.05) is 18.2 Å². The molecule has 1 unspecified atom stereocenters. The molecular weight excluding hydrogens is 228 g/mol. The summed E-state index contributed by atoms with van der Waals surface area (Å²) in [6.45, 7) is 3.48. The van der Waals surface area contributed by atoms with Gasteiger partial charge >= 0.3 is 5.97 Å². The lowest BCUT2D eigenvalue weighted by Gasteiger charge is -2.28. The maximum Gasteiger partial charge on any atom is 0.323 e. The Morgan fingerprint density at radius 1 is 1.50 bits per heavy atom. The van der Waals surface area contributed by atoms with Gasteiger partial charge in [0.1, 0.15) is 5.54 Å². The molecule has 1 aromatic carbocycles. The molecule has 0 saturated heterocycles. The monoisotopic (exact) mass is 248 g/mol. The topological polar surface area (TPSA) is 52.6 Å². The van der Waals surface area contributed by atoms with Crippen molar-refractivity contribution in [1.29, 1.82) is 0 Å². The first-order valence-electron chi connectivity index (χ1n) is 6.32. The number of carboxylic acids is 1. The number of aliphatic carboxylic acids is 1. The number of anilines is 1. The summed E-state index contributed by atoms with van der Waals surface area (Å²) in [5, 5.41) is 12.1. The fraction of sp³-hybridized carbons (Fsp3) is 0.500. The minimum absolute atomic E-state index is 0.590. The molecule has 0 bridgehead atoms. The zero-order chi connectivity index (χ0) is 13.2. The first kappa shape index (κ1) is 12.9. The van der Waals surface area contributed by atoms with Gasteiger partial charge in [0.15, 0.2) is 0 Å². The Hall–Kier alpha value is -1.55. The lowest BCUT2D eigenvalue weighted by Crippen LogP contribution is -2.49. The maximum absolute atomic E-state index is 11.2. The Morgan fingerprint density at radius 2 is 2.22 bits per heavy atom. The van der Waals surface area contributed by atoms with Crippen LogP contribution in [0.2, 0.25) is 0 Å². The molecule has 98 valence electrons. The second kappa shape index (κ2) is 4.98. The second-order valence-electron chi connectivity index (χ2n) is 5.00. The molecular formula is C14H20N2O2. The molecule has 0 fully saturated rings. The third kappa shape index (κ3) is 2.34. The minimum atomic E-state index is -0.850. The molecule has 0 spiro atoms. The molecule has 1 aromatic rings. The zero-order valence-corrected chi connectivity index (χ0v) is 10.9. The number of nitrogens with one attached hydrogen (secondary N) is 1. The number of para-hydroxylation sites is 1. The van der Waals surface area contributed by atoms with E-state index >= 15 is 0 Å². The van der Waals surface area contributed by atoms with Gasteiger partial charge in [0.25, 0.3) is 0 Å². The van der Waals surface area contributed by atoms with Crippen LogP contribution < -0.4 is 10.2 Å². The normalized spacial score (nSPS) is 17.3. The van der Waals surface area contributed by atoms with Gasteiger partial charge in [-0.2, -0.15) is 0 Å². The van der Waals surface area contributed by atoms with E-state index in [1.54, 1.807) is 14.0 Å². The molecule has 2 N–H and O–H groups in total. The van der Waals surface area contributed by atoms with E-state index in [4.69, 9.17) is 0 Å². The first-order valence-corrected chi connectivity index (χ1v) is 6.32. The number of benzene rings is 1. The SMILES string of the molecule is CNC(C)(CCN1CCc2ccccc21)C(=O)O. The Bertz CT molecular complexity index is 447. The lowest BCUT2D eigenvalue weighted by molar-refractivity contribution is -0.144. The van der Waals surface area contributed by atoms with Gasteiger partial charge in [0.05, 0.1) is 0 Å². The predicted octanol–water partition coefficient (Wildman–Crippen LogP) is 1.50. The number of likely N-dealkylation sites (N-methyl/N-ethyl adjacent to an activating group) is 1. The van der Waals surface area contributed by atoms with E-state index < -0.39 is 11.5 Å². The molecule has 0 saturated carbocycles. The number of fused-ring (bicyclic) bond motifs is 1. The van der Waals surface area contributed by atoms with Crippen molar-refractivity contribution >= 4 is 11.7 Å². The highest BCUT2D eigenvalue weighted by Gasteiger charge is 2.32. The van der Waals surface area contributed by atoms with Crippen molar-refractivity contribution in [3.63, 3.8) is 0 Å². The molecule has 0 radical (unpaired) electrons. The Labute approximate surface area is 108 Å². The summed E-state index contributed by atoms with van der Waals surface area (Å²) in [6.07, 6.45) is 1.65. The van der Waals surface area contributed by atoms with Crippen LogP contribution in [0.3, 0.4) is 0 Å².